The Hall–Kier alpha value is -5.33. The van der Waals surface area contributed by atoms with Gasteiger partial charge in [-0.2, -0.15) is 10.4 Å². The largest absolute Gasteiger partial charge is 0.490 e. The van der Waals surface area contributed by atoms with Gasteiger partial charge in [-0.05, 0) is 114 Å². The second-order valence-corrected chi connectivity index (χ2v) is 18.1. The standard InChI is InChI=1S/C44H48ClFN8O6/c45-35-17-32(8-3-27(35)20-47)60-31-9-4-29(5-10-31)49-40(56)28-21-48-53(23-28)30-6-1-26(2-7-30)22-51-15-13-44(14-16-51)24-52(25-44)38-19-34-33(18-36(38)46)42(58)54(43(34)59)37-11-12-39(55)50-41(37)57/h3,8,17-19,21,23,26,29-31,37H,1-2,4-7,9-16,22,24-25H2,(H,49,56)(H,50,55,57)/t26-,29-,30-,31-,37?. The highest BCUT2D eigenvalue weighted by Gasteiger charge is 2.48. The molecule has 314 valence electrons. The number of halogens is 2. The number of nitrogens with one attached hydrogen (secondary N) is 2. The molecule has 1 atom stereocenters. The minimum atomic E-state index is -1.09. The first kappa shape index (κ1) is 40.1. The number of piperidine rings is 2. The van der Waals surface area contributed by atoms with Crippen LogP contribution in [0, 0.1) is 28.5 Å². The lowest BCUT2D eigenvalue weighted by Gasteiger charge is -2.55. The number of nitrogens with zero attached hydrogens (tertiary/aromatic N) is 6. The molecule has 5 amide bonds. The van der Waals surface area contributed by atoms with Crippen molar-refractivity contribution in [1.82, 2.24) is 30.2 Å². The van der Waals surface area contributed by atoms with E-state index in [1.54, 1.807) is 24.4 Å². The minimum absolute atomic E-state index is 0.0238. The van der Waals surface area contributed by atoms with E-state index in [2.05, 4.69) is 26.7 Å². The van der Waals surface area contributed by atoms with Crippen molar-refractivity contribution in [3.05, 3.63) is 75.8 Å². The van der Waals surface area contributed by atoms with E-state index < -0.39 is 35.5 Å². The number of hydrogen-bond donors (Lipinski definition) is 2. The Morgan fingerprint density at radius 3 is 2.37 bits per heavy atom. The maximum Gasteiger partial charge on any atom is 0.262 e. The molecule has 0 bridgehead atoms. The Morgan fingerprint density at radius 2 is 1.68 bits per heavy atom. The molecule has 1 unspecified atom stereocenters. The van der Waals surface area contributed by atoms with E-state index in [-0.39, 0.29) is 53.5 Å². The van der Waals surface area contributed by atoms with Crippen molar-refractivity contribution in [3.8, 4) is 11.8 Å². The first-order valence-electron chi connectivity index (χ1n) is 21.2. The minimum Gasteiger partial charge on any atom is -0.490 e. The molecule has 3 aromatic rings. The SMILES string of the molecule is N#Cc1ccc(O[C@H]2CC[C@H](NC(=O)c3cnn([C@H]4CC[C@H](CN5CCC6(CC5)CN(c5cc7c(cc5F)C(=O)N(C5CCC(=O)NC5=O)C7=O)C6)CC4)c3)CC2)cc1Cl. The van der Waals surface area contributed by atoms with Gasteiger partial charge in [-0.3, -0.25) is 38.9 Å². The molecular weight excluding hydrogens is 791 g/mol. The summed E-state index contributed by atoms with van der Waals surface area (Å²) in [6.07, 6.45) is 13.2. The Kier molecular flexibility index (Phi) is 10.9. The summed E-state index contributed by atoms with van der Waals surface area (Å²) in [5, 5.41) is 19.5. The number of rotatable bonds is 9. The second-order valence-electron chi connectivity index (χ2n) is 17.7. The number of carbonyl (C=O) groups excluding carboxylic acids is 5. The number of benzene rings is 2. The lowest BCUT2D eigenvalue weighted by atomic mass is 9.71. The van der Waals surface area contributed by atoms with Crippen molar-refractivity contribution in [1.29, 1.82) is 5.26 Å². The fourth-order valence-corrected chi connectivity index (χ4v) is 10.5. The first-order chi connectivity index (χ1) is 29.0. The van der Waals surface area contributed by atoms with E-state index in [9.17, 15) is 24.0 Å². The molecular formula is C44H48ClFN8O6. The number of hydrogen-bond acceptors (Lipinski definition) is 10. The van der Waals surface area contributed by atoms with Crippen molar-refractivity contribution in [2.24, 2.45) is 11.3 Å². The summed E-state index contributed by atoms with van der Waals surface area (Å²) in [6, 6.07) is 8.99. The van der Waals surface area contributed by atoms with Crippen LogP contribution in [0.4, 0.5) is 10.1 Å². The number of ether oxygens (including phenoxy) is 1. The molecule has 16 heteroatoms. The number of likely N-dealkylation sites (tertiary alicyclic amines) is 1. The molecule has 2 aliphatic carbocycles. The highest BCUT2D eigenvalue weighted by atomic mass is 35.5. The van der Waals surface area contributed by atoms with E-state index in [1.807, 2.05) is 15.8 Å². The summed E-state index contributed by atoms with van der Waals surface area (Å²) in [5.74, 6) is -1.90. The molecule has 1 aromatic heterocycles. The van der Waals surface area contributed by atoms with E-state index in [0.717, 1.165) is 94.8 Å². The van der Waals surface area contributed by atoms with Gasteiger partial charge >= 0.3 is 0 Å². The summed E-state index contributed by atoms with van der Waals surface area (Å²) >= 11 is 6.16. The van der Waals surface area contributed by atoms with Crippen molar-refractivity contribution >= 4 is 46.8 Å². The van der Waals surface area contributed by atoms with Crippen LogP contribution in [0.5, 0.6) is 5.75 Å². The highest BCUT2D eigenvalue weighted by Crippen LogP contribution is 2.45. The van der Waals surface area contributed by atoms with E-state index in [1.165, 1.54) is 6.07 Å². The van der Waals surface area contributed by atoms with Gasteiger partial charge in [0.2, 0.25) is 11.8 Å². The molecule has 9 rings (SSSR count). The summed E-state index contributed by atoms with van der Waals surface area (Å²) < 4.78 is 23.5. The second kappa shape index (κ2) is 16.3. The van der Waals surface area contributed by atoms with Crippen LogP contribution in [0.1, 0.15) is 120 Å². The van der Waals surface area contributed by atoms with Crippen LogP contribution < -0.4 is 20.3 Å². The lowest BCUT2D eigenvalue weighted by molar-refractivity contribution is -0.136. The number of imide groups is 2. The summed E-state index contributed by atoms with van der Waals surface area (Å²) in [5.41, 5.74) is 1.42. The quantitative estimate of drug-likeness (QED) is 0.266. The van der Waals surface area contributed by atoms with Crippen LogP contribution in [0.3, 0.4) is 0 Å². The monoisotopic (exact) mass is 838 g/mol. The molecule has 1 spiro atoms. The van der Waals surface area contributed by atoms with Crippen molar-refractivity contribution in [2.75, 3.05) is 37.6 Å². The third-order valence-corrected chi connectivity index (χ3v) is 14.1. The smallest absolute Gasteiger partial charge is 0.262 e. The molecule has 2 saturated carbocycles. The van der Waals surface area contributed by atoms with Crippen LogP contribution in [0.25, 0.3) is 0 Å². The average molecular weight is 839 g/mol. The van der Waals surface area contributed by atoms with Crippen LogP contribution in [0.15, 0.2) is 42.7 Å². The number of fused-ring (bicyclic) bond motifs is 1. The third-order valence-electron chi connectivity index (χ3n) is 13.8. The number of nitriles is 1. The summed E-state index contributed by atoms with van der Waals surface area (Å²) in [4.78, 5) is 69.0. The van der Waals surface area contributed by atoms with E-state index >= 15 is 4.39 Å². The van der Waals surface area contributed by atoms with Gasteiger partial charge in [-0.15, -0.1) is 0 Å². The maximum atomic E-state index is 15.4. The molecule has 3 saturated heterocycles. The Bertz CT molecular complexity index is 2260. The predicted octanol–water partition coefficient (Wildman–Crippen LogP) is 5.40. The molecule has 5 heterocycles. The van der Waals surface area contributed by atoms with Gasteiger partial charge in [0.15, 0.2) is 0 Å². The van der Waals surface area contributed by atoms with Gasteiger partial charge in [-0.25, -0.2) is 4.39 Å². The zero-order chi connectivity index (χ0) is 41.7. The molecule has 6 aliphatic rings. The summed E-state index contributed by atoms with van der Waals surface area (Å²) in [7, 11) is 0. The molecule has 2 N–H and O–H groups in total. The van der Waals surface area contributed by atoms with Crippen molar-refractivity contribution < 1.29 is 33.1 Å². The molecule has 5 fully saturated rings. The number of amides is 5. The lowest BCUT2D eigenvalue weighted by Crippen LogP contribution is -2.61. The van der Waals surface area contributed by atoms with Crippen LogP contribution in [-0.2, 0) is 9.59 Å². The number of aromatic nitrogens is 2. The van der Waals surface area contributed by atoms with E-state index in [4.69, 9.17) is 21.6 Å². The van der Waals surface area contributed by atoms with Gasteiger partial charge in [0.1, 0.15) is 23.7 Å². The van der Waals surface area contributed by atoms with Crippen molar-refractivity contribution in [2.45, 2.75) is 101 Å². The summed E-state index contributed by atoms with van der Waals surface area (Å²) in [6.45, 7) is 4.36. The third kappa shape index (κ3) is 7.87. The molecule has 60 heavy (non-hydrogen) atoms. The molecule has 14 nitrogen and oxygen atoms in total. The predicted molar refractivity (Wildman–Crippen MR) is 217 cm³/mol. The highest BCUT2D eigenvalue weighted by molar-refractivity contribution is 6.31. The van der Waals surface area contributed by atoms with Gasteiger partial charge < -0.3 is 19.9 Å². The number of carbonyl (C=O) groups is 5. The van der Waals surface area contributed by atoms with Crippen LogP contribution in [-0.4, -0.2) is 100 Å². The van der Waals surface area contributed by atoms with Crippen molar-refractivity contribution in [3.63, 3.8) is 0 Å². The average Bonchev–Trinajstić information content (AvgIpc) is 3.81. The topological polar surface area (TPSA) is 170 Å². The Labute approximate surface area is 352 Å². The molecule has 2 aromatic carbocycles. The van der Waals surface area contributed by atoms with Gasteiger partial charge in [0.25, 0.3) is 17.7 Å². The zero-order valence-corrected chi connectivity index (χ0v) is 34.1. The Morgan fingerprint density at radius 1 is 0.967 bits per heavy atom. The molecule has 4 aliphatic heterocycles. The molecule has 0 radical (unpaired) electrons. The Balaban J connectivity index is 0.696. The fraction of sp³-hybridized carbons (Fsp3) is 0.523. The van der Waals surface area contributed by atoms with Gasteiger partial charge in [0.05, 0.1) is 51.3 Å². The normalized spacial score (nSPS) is 26.6. The van der Waals surface area contributed by atoms with Gasteiger partial charge in [0, 0.05) is 49.8 Å². The zero-order valence-electron chi connectivity index (χ0n) is 33.3. The van der Waals surface area contributed by atoms with Crippen LogP contribution in [0.2, 0.25) is 5.02 Å². The maximum absolute atomic E-state index is 15.4. The first-order valence-corrected chi connectivity index (χ1v) is 21.6. The number of anilines is 1. The van der Waals surface area contributed by atoms with Crippen LogP contribution >= 0.6 is 11.6 Å². The van der Waals surface area contributed by atoms with Gasteiger partial charge in [-0.1, -0.05) is 11.6 Å². The van der Waals surface area contributed by atoms with E-state index in [0.29, 0.717) is 46.6 Å². The fourth-order valence-electron chi connectivity index (χ4n) is 10.2.